The van der Waals surface area contributed by atoms with E-state index in [-0.39, 0.29) is 0 Å². The van der Waals surface area contributed by atoms with Crippen LogP contribution in [0.3, 0.4) is 0 Å². The smallest absolute Gasteiger partial charge is 0.411 e. The van der Waals surface area contributed by atoms with Gasteiger partial charge in [0.2, 0.25) is 0 Å². The summed E-state index contributed by atoms with van der Waals surface area (Å²) in [6, 6.07) is 6.90. The summed E-state index contributed by atoms with van der Waals surface area (Å²) >= 11 is 5.84. The van der Waals surface area contributed by atoms with Gasteiger partial charge in [-0.1, -0.05) is 31.5 Å². The van der Waals surface area contributed by atoms with Gasteiger partial charge in [0.25, 0.3) is 0 Å². The van der Waals surface area contributed by atoms with E-state index in [1.807, 2.05) is 0 Å². The van der Waals surface area contributed by atoms with Crippen molar-refractivity contribution in [2.75, 3.05) is 11.4 Å². The van der Waals surface area contributed by atoms with Gasteiger partial charge in [0.05, 0.1) is 0 Å². The lowest BCUT2D eigenvalue weighted by Crippen LogP contribution is -2.30. The lowest BCUT2D eigenvalue weighted by atomic mass is 10.1. The summed E-state index contributed by atoms with van der Waals surface area (Å²) in [6.45, 7) is 4.63. The van der Waals surface area contributed by atoms with Crippen LogP contribution < -0.4 is 4.90 Å². The fraction of sp³-hybridized carbons (Fsp3) is 0.417. The van der Waals surface area contributed by atoms with Crippen molar-refractivity contribution in [3.8, 4) is 0 Å². The summed E-state index contributed by atoms with van der Waals surface area (Å²) in [5.74, 6) is 0.473. The SMILES string of the molecule is CC(C)CCN(C(=O)O)c1cccc(Cl)c1. The Labute approximate surface area is 101 Å². The van der Waals surface area contributed by atoms with Gasteiger partial charge >= 0.3 is 6.09 Å². The monoisotopic (exact) mass is 241 g/mol. The maximum Gasteiger partial charge on any atom is 0.411 e. The zero-order chi connectivity index (χ0) is 12.1. The van der Waals surface area contributed by atoms with Gasteiger partial charge < -0.3 is 5.11 Å². The maximum atomic E-state index is 11.1. The van der Waals surface area contributed by atoms with E-state index < -0.39 is 6.09 Å². The molecule has 1 amide bonds. The van der Waals surface area contributed by atoms with E-state index in [0.29, 0.717) is 23.2 Å². The van der Waals surface area contributed by atoms with Crippen LogP contribution in [-0.2, 0) is 0 Å². The zero-order valence-electron chi connectivity index (χ0n) is 9.48. The summed E-state index contributed by atoms with van der Waals surface area (Å²) in [5, 5.41) is 9.66. The minimum absolute atomic E-state index is 0.473. The molecule has 0 atom stereocenters. The van der Waals surface area contributed by atoms with E-state index in [9.17, 15) is 4.79 Å². The largest absolute Gasteiger partial charge is 0.465 e. The summed E-state index contributed by atoms with van der Waals surface area (Å²) in [5.41, 5.74) is 0.626. The minimum atomic E-state index is -0.942. The number of benzene rings is 1. The van der Waals surface area contributed by atoms with Crippen LogP contribution in [0.15, 0.2) is 24.3 Å². The Morgan fingerprint density at radius 2 is 2.19 bits per heavy atom. The van der Waals surface area contributed by atoms with Crippen molar-refractivity contribution < 1.29 is 9.90 Å². The molecule has 88 valence electrons. The standard InChI is InChI=1S/C12H16ClNO2/c1-9(2)6-7-14(12(15)16)11-5-3-4-10(13)8-11/h3-5,8-9H,6-7H2,1-2H3,(H,15,16). The highest BCUT2D eigenvalue weighted by Crippen LogP contribution is 2.20. The van der Waals surface area contributed by atoms with Gasteiger partial charge in [-0.3, -0.25) is 4.90 Å². The number of nitrogens with zero attached hydrogens (tertiary/aromatic N) is 1. The van der Waals surface area contributed by atoms with Gasteiger partial charge in [-0.15, -0.1) is 0 Å². The molecule has 0 saturated heterocycles. The number of halogens is 1. The molecule has 0 spiro atoms. The van der Waals surface area contributed by atoms with Crippen LogP contribution in [0.4, 0.5) is 10.5 Å². The molecule has 3 nitrogen and oxygen atoms in total. The Bertz CT molecular complexity index is 366. The van der Waals surface area contributed by atoms with E-state index in [4.69, 9.17) is 16.7 Å². The normalized spacial score (nSPS) is 10.5. The molecule has 1 aromatic carbocycles. The number of amides is 1. The lowest BCUT2D eigenvalue weighted by Gasteiger charge is -2.20. The molecule has 0 saturated carbocycles. The third-order valence-corrected chi connectivity index (χ3v) is 2.52. The van der Waals surface area contributed by atoms with Gasteiger partial charge in [0, 0.05) is 17.3 Å². The second-order valence-corrected chi connectivity index (χ2v) is 4.53. The van der Waals surface area contributed by atoms with Gasteiger partial charge in [0.15, 0.2) is 0 Å². The van der Waals surface area contributed by atoms with Gasteiger partial charge in [-0.05, 0) is 30.5 Å². The molecule has 16 heavy (non-hydrogen) atoms. The third-order valence-electron chi connectivity index (χ3n) is 2.28. The highest BCUT2D eigenvalue weighted by molar-refractivity contribution is 6.30. The van der Waals surface area contributed by atoms with Crippen LogP contribution in [0, 0.1) is 5.92 Å². The Morgan fingerprint density at radius 3 is 2.69 bits per heavy atom. The topological polar surface area (TPSA) is 40.5 Å². The first-order chi connectivity index (χ1) is 7.50. The molecule has 0 fully saturated rings. The van der Waals surface area contributed by atoms with E-state index in [1.165, 1.54) is 4.90 Å². The molecule has 0 unspecified atom stereocenters. The van der Waals surface area contributed by atoms with E-state index in [0.717, 1.165) is 6.42 Å². The summed E-state index contributed by atoms with van der Waals surface area (Å²) in [6.07, 6.45) is -0.110. The van der Waals surface area contributed by atoms with Crippen molar-refractivity contribution >= 4 is 23.4 Å². The Morgan fingerprint density at radius 1 is 1.50 bits per heavy atom. The first kappa shape index (κ1) is 12.8. The van der Waals surface area contributed by atoms with Crippen molar-refractivity contribution in [2.45, 2.75) is 20.3 Å². The predicted molar refractivity (Wildman–Crippen MR) is 66.3 cm³/mol. The van der Waals surface area contributed by atoms with Crippen LogP contribution >= 0.6 is 11.6 Å². The summed E-state index contributed by atoms with van der Waals surface area (Å²) in [7, 11) is 0. The Kier molecular flexibility index (Phi) is 4.62. The van der Waals surface area contributed by atoms with Gasteiger partial charge in [-0.25, -0.2) is 4.79 Å². The van der Waals surface area contributed by atoms with Crippen molar-refractivity contribution in [3.05, 3.63) is 29.3 Å². The Balaban J connectivity index is 2.81. The molecule has 0 aromatic heterocycles. The third kappa shape index (κ3) is 3.74. The van der Waals surface area contributed by atoms with Crippen LogP contribution in [0.25, 0.3) is 0 Å². The second kappa shape index (κ2) is 5.75. The van der Waals surface area contributed by atoms with Gasteiger partial charge in [-0.2, -0.15) is 0 Å². The Hall–Kier alpha value is -1.22. The molecule has 0 aliphatic carbocycles. The quantitative estimate of drug-likeness (QED) is 0.869. The van der Waals surface area contributed by atoms with E-state index in [1.54, 1.807) is 24.3 Å². The number of rotatable bonds is 4. The van der Waals surface area contributed by atoms with Crippen LogP contribution in [0.1, 0.15) is 20.3 Å². The molecule has 0 radical (unpaired) electrons. The number of anilines is 1. The average Bonchev–Trinajstić information content (AvgIpc) is 2.17. The molecule has 1 N–H and O–H groups in total. The molecular formula is C12H16ClNO2. The highest BCUT2D eigenvalue weighted by Gasteiger charge is 2.14. The van der Waals surface area contributed by atoms with Gasteiger partial charge in [0.1, 0.15) is 0 Å². The first-order valence-electron chi connectivity index (χ1n) is 5.26. The minimum Gasteiger partial charge on any atom is -0.465 e. The molecule has 0 aliphatic heterocycles. The highest BCUT2D eigenvalue weighted by atomic mass is 35.5. The second-order valence-electron chi connectivity index (χ2n) is 4.10. The number of hydrogen-bond acceptors (Lipinski definition) is 1. The zero-order valence-corrected chi connectivity index (χ0v) is 10.2. The molecule has 0 heterocycles. The maximum absolute atomic E-state index is 11.1. The van der Waals surface area contributed by atoms with Crippen LogP contribution in [0.5, 0.6) is 0 Å². The molecule has 0 bridgehead atoms. The average molecular weight is 242 g/mol. The molecule has 1 aromatic rings. The van der Waals surface area contributed by atoms with Crippen molar-refractivity contribution in [1.29, 1.82) is 0 Å². The number of carboxylic acid groups (broad SMARTS) is 1. The summed E-state index contributed by atoms with van der Waals surface area (Å²) in [4.78, 5) is 12.4. The van der Waals surface area contributed by atoms with Crippen molar-refractivity contribution in [3.63, 3.8) is 0 Å². The van der Waals surface area contributed by atoms with Crippen molar-refractivity contribution in [1.82, 2.24) is 0 Å². The summed E-state index contributed by atoms with van der Waals surface area (Å²) < 4.78 is 0. The lowest BCUT2D eigenvalue weighted by molar-refractivity contribution is 0.201. The van der Waals surface area contributed by atoms with Crippen LogP contribution in [-0.4, -0.2) is 17.7 Å². The predicted octanol–water partition coefficient (Wildman–Crippen LogP) is 3.87. The molecular weight excluding hydrogens is 226 g/mol. The fourth-order valence-corrected chi connectivity index (χ4v) is 1.55. The fourth-order valence-electron chi connectivity index (χ4n) is 1.37. The van der Waals surface area contributed by atoms with Crippen LogP contribution in [0.2, 0.25) is 5.02 Å². The number of carbonyl (C=O) groups is 1. The van der Waals surface area contributed by atoms with E-state index in [2.05, 4.69) is 13.8 Å². The number of hydrogen-bond donors (Lipinski definition) is 1. The molecule has 1 rings (SSSR count). The van der Waals surface area contributed by atoms with E-state index >= 15 is 0 Å². The molecule has 0 aliphatic rings. The molecule has 4 heteroatoms. The van der Waals surface area contributed by atoms with Crippen molar-refractivity contribution in [2.24, 2.45) is 5.92 Å². The first-order valence-corrected chi connectivity index (χ1v) is 5.64.